The number of benzene rings is 1. The second-order valence-corrected chi connectivity index (χ2v) is 7.90. The average Bonchev–Trinajstić information content (AvgIpc) is 3.66. The van der Waals surface area contributed by atoms with Gasteiger partial charge in [0.2, 0.25) is 0 Å². The van der Waals surface area contributed by atoms with Gasteiger partial charge in [-0.2, -0.15) is 0 Å². The lowest BCUT2D eigenvalue weighted by Crippen LogP contribution is -2.40. The number of aromatic nitrogens is 2. The van der Waals surface area contributed by atoms with E-state index in [0.717, 1.165) is 16.5 Å². The normalized spacial score (nSPS) is 16.5. The molecule has 5 rings (SSSR count). The van der Waals surface area contributed by atoms with E-state index < -0.39 is 0 Å². The Labute approximate surface area is 163 Å². The maximum Gasteiger partial charge on any atom is 0.276 e. The topological polar surface area (TPSA) is 68.5 Å². The molecule has 0 atom stereocenters. The molecule has 2 aliphatic rings. The first kappa shape index (κ1) is 17.2. The van der Waals surface area contributed by atoms with Crippen LogP contribution < -0.4 is 4.74 Å². The number of ether oxygens (including phenoxy) is 1. The van der Waals surface area contributed by atoms with Crippen LogP contribution in [-0.2, 0) is 6.61 Å². The summed E-state index contributed by atoms with van der Waals surface area (Å²) in [7, 11) is 1.90. The highest BCUT2D eigenvalue weighted by molar-refractivity contribution is 5.92. The van der Waals surface area contributed by atoms with Crippen molar-refractivity contribution >= 4 is 16.7 Å². The van der Waals surface area contributed by atoms with Gasteiger partial charge in [0.25, 0.3) is 5.91 Å². The van der Waals surface area contributed by atoms with Crippen LogP contribution in [0.15, 0.2) is 47.2 Å². The van der Waals surface area contributed by atoms with Crippen molar-refractivity contribution in [2.75, 3.05) is 7.05 Å². The number of hydrogen-bond donors (Lipinski definition) is 0. The smallest absolute Gasteiger partial charge is 0.276 e. The summed E-state index contributed by atoms with van der Waals surface area (Å²) in [4.78, 5) is 18.9. The monoisotopic (exact) mass is 377 g/mol. The summed E-state index contributed by atoms with van der Waals surface area (Å²) in [5.74, 6) is 2.56. The molecule has 0 saturated heterocycles. The summed E-state index contributed by atoms with van der Waals surface area (Å²) in [6.07, 6.45) is 8.48. The molecule has 2 saturated carbocycles. The van der Waals surface area contributed by atoms with Gasteiger partial charge in [0.1, 0.15) is 12.4 Å². The van der Waals surface area contributed by atoms with Crippen molar-refractivity contribution in [2.24, 2.45) is 11.8 Å². The first-order chi connectivity index (χ1) is 13.7. The molecule has 3 aromatic rings. The molecule has 0 spiro atoms. The van der Waals surface area contributed by atoms with E-state index in [1.165, 1.54) is 25.7 Å². The summed E-state index contributed by atoms with van der Waals surface area (Å²) < 4.78 is 11.3. The summed E-state index contributed by atoms with van der Waals surface area (Å²) in [6.45, 7) is 0.222. The largest absolute Gasteiger partial charge is 0.485 e. The predicted octanol–water partition coefficient (Wildman–Crippen LogP) is 4.06. The molecule has 6 heteroatoms. The Kier molecular flexibility index (Phi) is 4.26. The van der Waals surface area contributed by atoms with E-state index in [1.54, 1.807) is 18.5 Å². The van der Waals surface area contributed by atoms with Gasteiger partial charge in [-0.05, 0) is 49.7 Å². The fourth-order valence-corrected chi connectivity index (χ4v) is 4.06. The van der Waals surface area contributed by atoms with Crippen LogP contribution in [0.1, 0.15) is 41.9 Å². The quantitative estimate of drug-likeness (QED) is 0.621. The van der Waals surface area contributed by atoms with Gasteiger partial charge < -0.3 is 14.2 Å². The van der Waals surface area contributed by atoms with Crippen molar-refractivity contribution in [3.63, 3.8) is 0 Å². The van der Waals surface area contributed by atoms with Crippen LogP contribution in [-0.4, -0.2) is 34.0 Å². The summed E-state index contributed by atoms with van der Waals surface area (Å²) in [5, 5.41) is 6.00. The molecular formula is C22H23N3O3. The van der Waals surface area contributed by atoms with Crippen LogP contribution in [0.5, 0.6) is 5.75 Å². The minimum atomic E-state index is -0.0602. The molecule has 0 N–H and O–H groups in total. The lowest BCUT2D eigenvalue weighted by atomic mass is 10.1. The zero-order chi connectivity index (χ0) is 19.1. The zero-order valence-corrected chi connectivity index (χ0v) is 15.9. The van der Waals surface area contributed by atoms with Crippen molar-refractivity contribution in [3.8, 4) is 5.75 Å². The number of nitrogens with zero attached hydrogens (tertiary/aromatic N) is 3. The molecule has 2 heterocycles. The van der Waals surface area contributed by atoms with Gasteiger partial charge in [-0.15, -0.1) is 0 Å². The first-order valence-electron chi connectivity index (χ1n) is 9.89. The van der Waals surface area contributed by atoms with E-state index in [0.29, 0.717) is 29.3 Å². The number of hydrogen-bond acceptors (Lipinski definition) is 5. The fourth-order valence-electron chi connectivity index (χ4n) is 4.06. The number of amides is 1. The van der Waals surface area contributed by atoms with Crippen LogP contribution in [0, 0.1) is 11.8 Å². The van der Waals surface area contributed by atoms with Gasteiger partial charge in [-0.3, -0.25) is 9.78 Å². The lowest BCUT2D eigenvalue weighted by molar-refractivity contribution is 0.0679. The number of fused-ring (bicyclic) bond motifs is 1. The third-order valence-electron chi connectivity index (χ3n) is 5.77. The molecule has 2 aromatic heterocycles. The van der Waals surface area contributed by atoms with Crippen molar-refractivity contribution in [3.05, 3.63) is 54.2 Å². The SMILES string of the molecule is CN(C(=O)c1cc(COc2cccc3cnccc23)on1)C(C1CC1)C1CC1. The van der Waals surface area contributed by atoms with E-state index in [1.807, 2.05) is 36.2 Å². The third kappa shape index (κ3) is 3.35. The van der Waals surface area contributed by atoms with Gasteiger partial charge in [0, 0.05) is 42.3 Å². The molecule has 0 unspecified atom stereocenters. The molecule has 2 aliphatic carbocycles. The van der Waals surface area contributed by atoms with Crippen molar-refractivity contribution in [1.82, 2.24) is 15.0 Å². The van der Waals surface area contributed by atoms with Crippen molar-refractivity contribution in [2.45, 2.75) is 38.3 Å². The Bertz CT molecular complexity index is 990. The zero-order valence-electron chi connectivity index (χ0n) is 15.9. The second kappa shape index (κ2) is 6.93. The Hall–Kier alpha value is -2.89. The van der Waals surface area contributed by atoms with E-state index >= 15 is 0 Å². The Morgan fingerprint density at radius 2 is 2.04 bits per heavy atom. The molecule has 6 nitrogen and oxygen atoms in total. The highest BCUT2D eigenvalue weighted by Gasteiger charge is 2.45. The van der Waals surface area contributed by atoms with E-state index in [2.05, 4.69) is 10.1 Å². The molecule has 0 radical (unpaired) electrons. The molecule has 2 fully saturated rings. The maximum atomic E-state index is 12.9. The van der Waals surface area contributed by atoms with Gasteiger partial charge in [0.15, 0.2) is 11.5 Å². The van der Waals surface area contributed by atoms with Gasteiger partial charge in [-0.1, -0.05) is 17.3 Å². The highest BCUT2D eigenvalue weighted by atomic mass is 16.5. The summed E-state index contributed by atoms with van der Waals surface area (Å²) in [5.41, 5.74) is 0.356. The third-order valence-corrected chi connectivity index (χ3v) is 5.77. The van der Waals surface area contributed by atoms with Gasteiger partial charge >= 0.3 is 0 Å². The lowest BCUT2D eigenvalue weighted by Gasteiger charge is -2.27. The number of pyridine rings is 1. The molecule has 0 aliphatic heterocycles. The minimum Gasteiger partial charge on any atom is -0.485 e. The summed E-state index contributed by atoms with van der Waals surface area (Å²) in [6, 6.07) is 9.81. The van der Waals surface area contributed by atoms with Gasteiger partial charge in [-0.25, -0.2) is 0 Å². The summed E-state index contributed by atoms with van der Waals surface area (Å²) >= 11 is 0. The van der Waals surface area contributed by atoms with Crippen LogP contribution in [0.4, 0.5) is 0 Å². The van der Waals surface area contributed by atoms with Crippen LogP contribution >= 0.6 is 0 Å². The van der Waals surface area contributed by atoms with Crippen LogP contribution in [0.3, 0.4) is 0 Å². The van der Waals surface area contributed by atoms with Gasteiger partial charge in [0.05, 0.1) is 0 Å². The average molecular weight is 377 g/mol. The second-order valence-electron chi connectivity index (χ2n) is 7.90. The molecule has 1 amide bonds. The van der Waals surface area contributed by atoms with E-state index in [-0.39, 0.29) is 12.5 Å². The van der Waals surface area contributed by atoms with E-state index in [4.69, 9.17) is 9.26 Å². The molecule has 1 aromatic carbocycles. The first-order valence-corrected chi connectivity index (χ1v) is 9.89. The van der Waals surface area contributed by atoms with Crippen LogP contribution in [0.2, 0.25) is 0 Å². The fraction of sp³-hybridized carbons (Fsp3) is 0.409. The van der Waals surface area contributed by atoms with Crippen molar-refractivity contribution < 1.29 is 14.1 Å². The molecule has 144 valence electrons. The molecular weight excluding hydrogens is 354 g/mol. The Balaban J connectivity index is 1.27. The predicted molar refractivity (Wildman–Crippen MR) is 104 cm³/mol. The highest BCUT2D eigenvalue weighted by Crippen LogP contribution is 2.47. The van der Waals surface area contributed by atoms with Crippen LogP contribution in [0.25, 0.3) is 10.8 Å². The Morgan fingerprint density at radius 1 is 1.25 bits per heavy atom. The number of carbonyl (C=O) groups is 1. The minimum absolute atomic E-state index is 0.0602. The molecule has 28 heavy (non-hydrogen) atoms. The number of carbonyl (C=O) groups excluding carboxylic acids is 1. The number of rotatable bonds is 7. The van der Waals surface area contributed by atoms with Crippen molar-refractivity contribution in [1.29, 1.82) is 0 Å². The molecule has 0 bridgehead atoms. The maximum absolute atomic E-state index is 12.9. The Morgan fingerprint density at radius 3 is 2.79 bits per heavy atom. The van der Waals surface area contributed by atoms with E-state index in [9.17, 15) is 4.79 Å². The standard InChI is InChI=1S/C22H23N3O3/c1-25(21(14-5-6-14)15-7-8-15)22(26)19-11-17(28-24-19)13-27-20-4-2-3-16-12-23-10-9-18(16)20/h2-4,9-12,14-15,21H,5-8,13H2,1H3.